The van der Waals surface area contributed by atoms with E-state index in [1.165, 1.54) is 11.1 Å². The fraction of sp³-hybridized carbons (Fsp3) is 0.478. The van der Waals surface area contributed by atoms with Gasteiger partial charge >= 0.3 is 0 Å². The summed E-state index contributed by atoms with van der Waals surface area (Å²) in [6, 6.07) is 8.80. The molecule has 0 bridgehead atoms. The van der Waals surface area contributed by atoms with Gasteiger partial charge in [-0.05, 0) is 92.3 Å². The third-order valence-electron chi connectivity index (χ3n) is 5.30. The summed E-state index contributed by atoms with van der Waals surface area (Å²) in [6.45, 7) is 12.6. The molecule has 2 saturated heterocycles. The molecule has 2 aliphatic heterocycles. The van der Waals surface area contributed by atoms with Crippen LogP contribution in [0.4, 0.5) is 0 Å². The number of hydrogen-bond donors (Lipinski definition) is 0. The zero-order valence-corrected chi connectivity index (χ0v) is 16.8. The molecule has 4 nitrogen and oxygen atoms in total. The second kappa shape index (κ2) is 7.17. The van der Waals surface area contributed by atoms with E-state index in [9.17, 15) is 0 Å². The first-order valence-corrected chi connectivity index (χ1v) is 9.68. The molecule has 0 radical (unpaired) electrons. The molecule has 0 N–H and O–H groups in total. The van der Waals surface area contributed by atoms with E-state index in [0.29, 0.717) is 19.3 Å². The van der Waals surface area contributed by atoms with Crippen LogP contribution in [0.15, 0.2) is 24.3 Å². The maximum atomic E-state index is 6.02. The van der Waals surface area contributed by atoms with Gasteiger partial charge in [0.1, 0.15) is 36.9 Å². The number of hydrogen-bond acceptors (Lipinski definition) is 4. The van der Waals surface area contributed by atoms with Crippen LogP contribution in [0.2, 0.25) is 0 Å². The van der Waals surface area contributed by atoms with Crippen LogP contribution in [0, 0.1) is 27.7 Å². The molecular formula is C23H28O4. The summed E-state index contributed by atoms with van der Waals surface area (Å²) >= 11 is 0. The molecule has 4 rings (SSSR count). The van der Waals surface area contributed by atoms with Gasteiger partial charge < -0.3 is 18.9 Å². The third kappa shape index (κ3) is 4.12. The highest BCUT2D eigenvalue weighted by Crippen LogP contribution is 2.35. The fourth-order valence-electron chi connectivity index (χ4n) is 3.60. The van der Waals surface area contributed by atoms with E-state index in [-0.39, 0.29) is 12.2 Å². The Morgan fingerprint density at radius 2 is 1.22 bits per heavy atom. The zero-order valence-electron chi connectivity index (χ0n) is 16.8. The van der Waals surface area contributed by atoms with Crippen LogP contribution < -0.4 is 9.47 Å². The Bertz CT molecular complexity index is 807. The van der Waals surface area contributed by atoms with Crippen LogP contribution in [0.25, 0.3) is 11.1 Å². The molecule has 0 amide bonds. The van der Waals surface area contributed by atoms with Crippen molar-refractivity contribution in [2.75, 3.05) is 19.8 Å². The van der Waals surface area contributed by atoms with E-state index in [1.807, 2.05) is 0 Å². The van der Waals surface area contributed by atoms with Gasteiger partial charge in [0, 0.05) is 0 Å². The molecule has 2 fully saturated rings. The van der Waals surface area contributed by atoms with Crippen LogP contribution in [-0.4, -0.2) is 38.1 Å². The average molecular weight is 368 g/mol. The quantitative estimate of drug-likeness (QED) is 0.674. The van der Waals surface area contributed by atoms with Crippen molar-refractivity contribution in [3.63, 3.8) is 0 Å². The summed E-state index contributed by atoms with van der Waals surface area (Å²) in [5.74, 6) is 1.94. The van der Waals surface area contributed by atoms with Crippen LogP contribution in [-0.2, 0) is 9.47 Å². The van der Waals surface area contributed by atoms with Crippen molar-refractivity contribution in [2.45, 2.75) is 52.9 Å². The SMILES string of the molecule is Cc1cc(-c2cc(C)c(OCC3O[C@H]3C)c(C)c2)cc(C)c1OCC1CO1. The summed E-state index contributed by atoms with van der Waals surface area (Å²) < 4.78 is 22.7. The number of aryl methyl sites for hydroxylation is 4. The van der Waals surface area contributed by atoms with E-state index in [2.05, 4.69) is 58.9 Å². The van der Waals surface area contributed by atoms with Gasteiger partial charge in [0.15, 0.2) is 0 Å². The molecule has 4 heteroatoms. The Morgan fingerprint density at radius 3 is 1.59 bits per heavy atom. The van der Waals surface area contributed by atoms with Gasteiger partial charge in [0.2, 0.25) is 0 Å². The predicted molar refractivity (Wildman–Crippen MR) is 106 cm³/mol. The van der Waals surface area contributed by atoms with Crippen molar-refractivity contribution in [3.8, 4) is 22.6 Å². The van der Waals surface area contributed by atoms with Crippen molar-refractivity contribution in [2.24, 2.45) is 0 Å². The minimum Gasteiger partial charge on any atom is -0.490 e. The fourth-order valence-corrected chi connectivity index (χ4v) is 3.60. The molecule has 27 heavy (non-hydrogen) atoms. The number of benzene rings is 2. The van der Waals surface area contributed by atoms with E-state index in [0.717, 1.165) is 40.4 Å². The van der Waals surface area contributed by atoms with Crippen LogP contribution in [0.5, 0.6) is 11.5 Å². The molecular weight excluding hydrogens is 340 g/mol. The Hall–Kier alpha value is -2.04. The standard InChI is InChI=1S/C23H28O4/c1-13-6-18(7-14(2)22(13)25-11-20-10-24-20)19-8-15(3)23(16(4)9-19)26-12-21-17(5)27-21/h6-9,17,20-21H,10-12H2,1-5H3/t17-,20?,21?/m0/s1. The van der Waals surface area contributed by atoms with E-state index < -0.39 is 0 Å². The Labute approximate surface area is 161 Å². The van der Waals surface area contributed by atoms with Crippen LogP contribution in [0.1, 0.15) is 29.2 Å². The molecule has 2 aromatic carbocycles. The predicted octanol–water partition coefficient (Wildman–Crippen LogP) is 4.53. The monoisotopic (exact) mass is 368 g/mol. The van der Waals surface area contributed by atoms with E-state index >= 15 is 0 Å². The van der Waals surface area contributed by atoms with Crippen molar-refractivity contribution in [1.29, 1.82) is 0 Å². The molecule has 0 aromatic heterocycles. The lowest BCUT2D eigenvalue weighted by Crippen LogP contribution is -2.08. The second-order valence-electron chi connectivity index (χ2n) is 7.84. The summed E-state index contributed by atoms with van der Waals surface area (Å²) in [7, 11) is 0. The zero-order chi connectivity index (χ0) is 19.1. The van der Waals surface area contributed by atoms with Gasteiger partial charge in [-0.15, -0.1) is 0 Å². The normalized spacial score (nSPS) is 23.2. The van der Waals surface area contributed by atoms with E-state index in [4.69, 9.17) is 18.9 Å². The highest BCUT2D eigenvalue weighted by atomic mass is 16.6. The van der Waals surface area contributed by atoms with Crippen LogP contribution >= 0.6 is 0 Å². The molecule has 0 aliphatic carbocycles. The maximum absolute atomic E-state index is 6.02. The first kappa shape index (κ1) is 18.3. The molecule has 2 unspecified atom stereocenters. The average Bonchev–Trinajstić information content (AvgIpc) is 3.52. The van der Waals surface area contributed by atoms with Crippen molar-refractivity contribution in [1.82, 2.24) is 0 Å². The number of ether oxygens (including phenoxy) is 4. The van der Waals surface area contributed by atoms with Gasteiger partial charge in [-0.2, -0.15) is 0 Å². The lowest BCUT2D eigenvalue weighted by atomic mass is 9.96. The maximum Gasteiger partial charge on any atom is 0.125 e. The first-order chi connectivity index (χ1) is 12.9. The second-order valence-corrected chi connectivity index (χ2v) is 7.84. The first-order valence-electron chi connectivity index (χ1n) is 9.68. The van der Waals surface area contributed by atoms with Crippen molar-refractivity contribution < 1.29 is 18.9 Å². The van der Waals surface area contributed by atoms with Gasteiger partial charge in [0.25, 0.3) is 0 Å². The molecule has 0 saturated carbocycles. The summed E-state index contributed by atoms with van der Waals surface area (Å²) in [6.07, 6.45) is 0.829. The Morgan fingerprint density at radius 1 is 0.815 bits per heavy atom. The van der Waals surface area contributed by atoms with Gasteiger partial charge in [-0.3, -0.25) is 0 Å². The van der Waals surface area contributed by atoms with Gasteiger partial charge in [0.05, 0.1) is 12.7 Å². The highest BCUT2D eigenvalue weighted by Gasteiger charge is 2.35. The molecule has 2 aromatic rings. The number of rotatable bonds is 7. The van der Waals surface area contributed by atoms with Crippen LogP contribution in [0.3, 0.4) is 0 Å². The summed E-state index contributed by atoms with van der Waals surface area (Å²) in [5, 5.41) is 0. The summed E-state index contributed by atoms with van der Waals surface area (Å²) in [4.78, 5) is 0. The Balaban J connectivity index is 1.55. The highest BCUT2D eigenvalue weighted by molar-refractivity contribution is 5.70. The van der Waals surface area contributed by atoms with Gasteiger partial charge in [-0.1, -0.05) is 0 Å². The number of epoxide rings is 2. The van der Waals surface area contributed by atoms with Crippen molar-refractivity contribution in [3.05, 3.63) is 46.5 Å². The molecule has 3 atom stereocenters. The Kier molecular flexibility index (Phi) is 4.87. The summed E-state index contributed by atoms with van der Waals surface area (Å²) in [5.41, 5.74) is 7.02. The smallest absolute Gasteiger partial charge is 0.125 e. The largest absolute Gasteiger partial charge is 0.490 e. The van der Waals surface area contributed by atoms with Gasteiger partial charge in [-0.25, -0.2) is 0 Å². The minimum atomic E-state index is 0.238. The lowest BCUT2D eigenvalue weighted by molar-refractivity contribution is 0.258. The molecule has 2 heterocycles. The minimum absolute atomic E-state index is 0.238. The molecule has 0 spiro atoms. The van der Waals surface area contributed by atoms with Crippen molar-refractivity contribution >= 4 is 0 Å². The third-order valence-corrected chi connectivity index (χ3v) is 5.30. The van der Waals surface area contributed by atoms with E-state index in [1.54, 1.807) is 0 Å². The molecule has 2 aliphatic rings. The topological polar surface area (TPSA) is 43.5 Å². The molecule has 144 valence electrons. The lowest BCUT2D eigenvalue weighted by Gasteiger charge is -2.16.